The minimum atomic E-state index is -1.41. The van der Waals surface area contributed by atoms with Crippen LogP contribution in [0.15, 0.2) is 0 Å². The van der Waals surface area contributed by atoms with Crippen molar-refractivity contribution >= 4 is 23.7 Å². The van der Waals surface area contributed by atoms with Crippen LogP contribution in [0.1, 0.15) is 47.5 Å². The van der Waals surface area contributed by atoms with Gasteiger partial charge in [-0.1, -0.05) is 34.1 Å². The van der Waals surface area contributed by atoms with Crippen molar-refractivity contribution in [1.29, 1.82) is 0 Å². The highest BCUT2D eigenvalue weighted by atomic mass is 32.2. The molecule has 0 rings (SSSR count). The molecule has 0 saturated carbocycles. The van der Waals surface area contributed by atoms with Crippen molar-refractivity contribution in [2.24, 2.45) is 5.41 Å². The lowest BCUT2D eigenvalue weighted by atomic mass is 9.85. The van der Waals surface area contributed by atoms with E-state index in [1.54, 1.807) is 6.92 Å². The van der Waals surface area contributed by atoms with Gasteiger partial charge >= 0.3 is 11.9 Å². The van der Waals surface area contributed by atoms with Gasteiger partial charge in [-0.2, -0.15) is 11.8 Å². The second-order valence-electron chi connectivity index (χ2n) is 5.26. The molecule has 18 heavy (non-hydrogen) atoms. The van der Waals surface area contributed by atoms with E-state index >= 15 is 0 Å². The predicted molar refractivity (Wildman–Crippen MR) is 73.8 cm³/mol. The standard InChI is InChI=1S/C13H24O4S/c1-6-8-13(10(14)15,11(16)17-7-2)9-18-12(3,4)5/h6-9H2,1-5H3,(H,14,15)/t13-/m0/s1. The summed E-state index contributed by atoms with van der Waals surface area (Å²) in [5, 5.41) is 9.43. The molecule has 0 amide bonds. The highest BCUT2D eigenvalue weighted by Crippen LogP contribution is 2.36. The maximum Gasteiger partial charge on any atom is 0.324 e. The largest absolute Gasteiger partial charge is 0.480 e. The molecule has 0 fully saturated rings. The molecule has 0 spiro atoms. The summed E-state index contributed by atoms with van der Waals surface area (Å²) in [7, 11) is 0. The van der Waals surface area contributed by atoms with Crippen molar-refractivity contribution in [3.05, 3.63) is 0 Å². The maximum absolute atomic E-state index is 12.0. The molecule has 0 aliphatic heterocycles. The van der Waals surface area contributed by atoms with Crippen molar-refractivity contribution in [2.45, 2.75) is 52.2 Å². The zero-order chi connectivity index (χ0) is 14.4. The normalized spacial score (nSPS) is 14.9. The minimum absolute atomic E-state index is 0.0824. The Balaban J connectivity index is 5.09. The second kappa shape index (κ2) is 7.02. The van der Waals surface area contributed by atoms with Gasteiger partial charge in [-0.15, -0.1) is 0 Å². The van der Waals surface area contributed by atoms with Gasteiger partial charge in [0.25, 0.3) is 0 Å². The third kappa shape index (κ3) is 4.88. The lowest BCUT2D eigenvalue weighted by Gasteiger charge is -2.29. The van der Waals surface area contributed by atoms with Crippen molar-refractivity contribution in [1.82, 2.24) is 0 Å². The summed E-state index contributed by atoms with van der Waals surface area (Å²) in [6.07, 6.45) is 0.945. The fourth-order valence-corrected chi connectivity index (χ4v) is 2.59. The maximum atomic E-state index is 12.0. The number of esters is 1. The van der Waals surface area contributed by atoms with Crippen LogP contribution in [-0.4, -0.2) is 34.2 Å². The van der Waals surface area contributed by atoms with Crippen LogP contribution in [0.25, 0.3) is 0 Å². The molecule has 0 saturated heterocycles. The van der Waals surface area contributed by atoms with Crippen LogP contribution >= 0.6 is 11.8 Å². The molecule has 4 nitrogen and oxygen atoms in total. The zero-order valence-electron chi connectivity index (χ0n) is 11.9. The molecule has 0 aromatic rings. The van der Waals surface area contributed by atoms with E-state index in [1.807, 2.05) is 27.7 Å². The summed E-state index contributed by atoms with van der Waals surface area (Å²) < 4.78 is 4.87. The number of carbonyl (C=O) groups is 2. The number of carbonyl (C=O) groups excluding carboxylic acids is 1. The summed E-state index contributed by atoms with van der Waals surface area (Å²) in [5.41, 5.74) is -1.41. The van der Waals surface area contributed by atoms with E-state index in [-0.39, 0.29) is 17.1 Å². The Morgan fingerprint density at radius 1 is 1.22 bits per heavy atom. The van der Waals surface area contributed by atoms with E-state index in [0.717, 1.165) is 0 Å². The molecule has 0 aromatic carbocycles. The van der Waals surface area contributed by atoms with Crippen LogP contribution in [-0.2, 0) is 14.3 Å². The molecule has 0 radical (unpaired) electrons. The molecule has 0 unspecified atom stereocenters. The minimum Gasteiger partial charge on any atom is -0.480 e. The summed E-state index contributed by atoms with van der Waals surface area (Å²) in [4.78, 5) is 23.5. The molecule has 0 heterocycles. The van der Waals surface area contributed by atoms with Crippen LogP contribution < -0.4 is 0 Å². The first-order chi connectivity index (χ1) is 8.19. The van der Waals surface area contributed by atoms with Crippen LogP contribution in [0.2, 0.25) is 0 Å². The number of carboxylic acids is 1. The van der Waals surface area contributed by atoms with Gasteiger partial charge in [0, 0.05) is 10.5 Å². The smallest absolute Gasteiger partial charge is 0.324 e. The van der Waals surface area contributed by atoms with E-state index in [1.165, 1.54) is 11.8 Å². The Bertz CT molecular complexity index is 296. The lowest BCUT2D eigenvalue weighted by Crippen LogP contribution is -2.43. The third-order valence-electron chi connectivity index (χ3n) is 2.50. The Hall–Kier alpha value is -0.710. The topological polar surface area (TPSA) is 63.6 Å². The predicted octanol–water partition coefficient (Wildman–Crippen LogP) is 2.95. The number of ether oxygens (including phenoxy) is 1. The van der Waals surface area contributed by atoms with Crippen molar-refractivity contribution in [2.75, 3.05) is 12.4 Å². The van der Waals surface area contributed by atoms with E-state index in [4.69, 9.17) is 4.74 Å². The fourth-order valence-electron chi connectivity index (χ4n) is 1.52. The Kier molecular flexibility index (Phi) is 6.74. The van der Waals surface area contributed by atoms with Gasteiger partial charge in [-0.05, 0) is 13.3 Å². The van der Waals surface area contributed by atoms with Crippen LogP contribution in [0.3, 0.4) is 0 Å². The van der Waals surface area contributed by atoms with Crippen LogP contribution in [0.5, 0.6) is 0 Å². The van der Waals surface area contributed by atoms with Gasteiger partial charge in [0.1, 0.15) is 0 Å². The molecule has 1 N–H and O–H groups in total. The molecule has 0 aromatic heterocycles. The van der Waals surface area contributed by atoms with Gasteiger partial charge in [-0.25, -0.2) is 0 Å². The number of rotatable bonds is 7. The molecular weight excluding hydrogens is 252 g/mol. The van der Waals surface area contributed by atoms with Gasteiger partial charge in [0.05, 0.1) is 6.61 Å². The SMILES string of the molecule is CCC[C@](CSC(C)(C)C)(C(=O)O)C(=O)OCC. The molecular formula is C13H24O4S. The average molecular weight is 276 g/mol. The third-order valence-corrected chi connectivity index (χ3v) is 4.01. The fraction of sp³-hybridized carbons (Fsp3) is 0.846. The first-order valence-electron chi connectivity index (χ1n) is 6.24. The van der Waals surface area contributed by atoms with E-state index < -0.39 is 17.4 Å². The molecule has 0 aliphatic rings. The number of carboxylic acid groups (broad SMARTS) is 1. The lowest BCUT2D eigenvalue weighted by molar-refractivity contribution is -0.167. The Labute approximate surface area is 113 Å². The average Bonchev–Trinajstić information content (AvgIpc) is 2.22. The highest BCUT2D eigenvalue weighted by Gasteiger charge is 2.47. The summed E-state index contributed by atoms with van der Waals surface area (Å²) in [6, 6.07) is 0. The number of aliphatic carboxylic acids is 1. The second-order valence-corrected chi connectivity index (χ2v) is 7.06. The van der Waals surface area contributed by atoms with Crippen LogP contribution in [0, 0.1) is 5.41 Å². The van der Waals surface area contributed by atoms with Crippen molar-refractivity contribution < 1.29 is 19.4 Å². The Morgan fingerprint density at radius 2 is 1.78 bits per heavy atom. The zero-order valence-corrected chi connectivity index (χ0v) is 12.7. The van der Waals surface area contributed by atoms with Crippen molar-refractivity contribution in [3.8, 4) is 0 Å². The number of thioether (sulfide) groups is 1. The quantitative estimate of drug-likeness (QED) is 0.572. The van der Waals surface area contributed by atoms with E-state index in [9.17, 15) is 14.7 Å². The molecule has 106 valence electrons. The van der Waals surface area contributed by atoms with Gasteiger partial charge in [0.2, 0.25) is 0 Å². The van der Waals surface area contributed by atoms with E-state index in [0.29, 0.717) is 12.8 Å². The van der Waals surface area contributed by atoms with Gasteiger partial charge in [-0.3, -0.25) is 9.59 Å². The monoisotopic (exact) mass is 276 g/mol. The van der Waals surface area contributed by atoms with E-state index in [2.05, 4.69) is 0 Å². The molecule has 0 aliphatic carbocycles. The Morgan fingerprint density at radius 3 is 2.11 bits per heavy atom. The van der Waals surface area contributed by atoms with Gasteiger partial charge < -0.3 is 9.84 Å². The first-order valence-corrected chi connectivity index (χ1v) is 7.22. The molecule has 1 atom stereocenters. The summed E-state index contributed by atoms with van der Waals surface area (Å²) in [5.74, 6) is -1.45. The first kappa shape index (κ1) is 17.3. The summed E-state index contributed by atoms with van der Waals surface area (Å²) >= 11 is 1.48. The molecule has 5 heteroatoms. The highest BCUT2D eigenvalue weighted by molar-refractivity contribution is 8.00. The number of hydrogen-bond acceptors (Lipinski definition) is 4. The summed E-state index contributed by atoms with van der Waals surface area (Å²) in [6.45, 7) is 9.77. The number of hydrogen-bond donors (Lipinski definition) is 1. The molecule has 0 bridgehead atoms. The van der Waals surface area contributed by atoms with Crippen molar-refractivity contribution in [3.63, 3.8) is 0 Å². The van der Waals surface area contributed by atoms with Gasteiger partial charge in [0.15, 0.2) is 5.41 Å². The van der Waals surface area contributed by atoms with Crippen LogP contribution in [0.4, 0.5) is 0 Å².